The third-order valence-electron chi connectivity index (χ3n) is 7.21. The van der Waals surface area contributed by atoms with Crippen molar-refractivity contribution in [3.63, 3.8) is 0 Å². The lowest BCUT2D eigenvalue weighted by atomic mass is 9.52. The number of aliphatic hydroxyl groups excluding tert-OH is 1. The molecule has 1 aliphatic heterocycles. The standard InChI is InChI=1S/C24H30Cl2N4O3/c1-23(2,3)33-22(32)29-11-9-24(10-12-29)13-17(31)18(24)21-19(14-7-8-14)27-28-30(21)20-15(25)5-4-6-16(20)26/h4-6,14,17-18,31H,7-13H2,1-3H3. The molecule has 2 unspecified atom stereocenters. The number of nitrogens with zero attached hydrogens (tertiary/aromatic N) is 4. The molecular weight excluding hydrogens is 463 g/mol. The summed E-state index contributed by atoms with van der Waals surface area (Å²) in [7, 11) is 0. The number of para-hydroxylation sites is 1. The lowest BCUT2D eigenvalue weighted by Gasteiger charge is -2.56. The first kappa shape index (κ1) is 22.9. The molecule has 5 rings (SSSR count). The summed E-state index contributed by atoms with van der Waals surface area (Å²) >= 11 is 13.1. The average molecular weight is 493 g/mol. The maximum atomic E-state index is 12.6. The summed E-state index contributed by atoms with van der Waals surface area (Å²) in [6.07, 6.45) is 3.66. The molecule has 1 amide bonds. The quantitative estimate of drug-likeness (QED) is 0.626. The highest BCUT2D eigenvalue weighted by atomic mass is 35.5. The maximum Gasteiger partial charge on any atom is 0.410 e. The van der Waals surface area contributed by atoms with Crippen LogP contribution in [0.4, 0.5) is 4.79 Å². The lowest BCUT2D eigenvalue weighted by molar-refractivity contribution is -0.0981. The van der Waals surface area contributed by atoms with E-state index in [2.05, 4.69) is 10.3 Å². The smallest absolute Gasteiger partial charge is 0.410 e. The van der Waals surface area contributed by atoms with Gasteiger partial charge in [-0.05, 0) is 70.4 Å². The molecule has 1 saturated heterocycles. The largest absolute Gasteiger partial charge is 0.444 e. The minimum atomic E-state index is -0.521. The van der Waals surface area contributed by atoms with E-state index >= 15 is 0 Å². The molecule has 3 aliphatic rings. The van der Waals surface area contributed by atoms with Gasteiger partial charge >= 0.3 is 6.09 Å². The van der Waals surface area contributed by atoms with E-state index in [0.717, 1.165) is 37.1 Å². The molecule has 33 heavy (non-hydrogen) atoms. The first-order chi connectivity index (χ1) is 15.6. The third kappa shape index (κ3) is 4.13. The molecule has 1 aromatic carbocycles. The van der Waals surface area contributed by atoms with E-state index in [0.29, 0.717) is 41.2 Å². The van der Waals surface area contributed by atoms with Gasteiger partial charge in [-0.15, -0.1) is 5.10 Å². The number of likely N-dealkylation sites (tertiary alicyclic amines) is 1. The summed E-state index contributed by atoms with van der Waals surface area (Å²) < 4.78 is 7.32. The second-order valence-corrected chi connectivity index (χ2v) is 11.5. The number of benzene rings is 1. The van der Waals surface area contributed by atoms with Crippen LogP contribution in [0, 0.1) is 5.41 Å². The second-order valence-electron chi connectivity index (χ2n) is 10.7. The topological polar surface area (TPSA) is 80.5 Å². The minimum absolute atomic E-state index is 0.116. The molecule has 178 valence electrons. The normalized spacial score (nSPS) is 24.6. The molecule has 1 aromatic heterocycles. The van der Waals surface area contributed by atoms with Crippen molar-refractivity contribution >= 4 is 29.3 Å². The van der Waals surface area contributed by atoms with E-state index in [1.165, 1.54) is 0 Å². The molecule has 1 N–H and O–H groups in total. The van der Waals surface area contributed by atoms with Crippen molar-refractivity contribution in [1.29, 1.82) is 0 Å². The summed E-state index contributed by atoms with van der Waals surface area (Å²) in [5.41, 5.74) is 1.85. The number of hydrogen-bond acceptors (Lipinski definition) is 5. The van der Waals surface area contributed by atoms with Crippen LogP contribution in [0.1, 0.15) is 76.1 Å². The molecule has 2 saturated carbocycles. The Kier molecular flexibility index (Phi) is 5.66. The Balaban J connectivity index is 1.46. The fourth-order valence-corrected chi connectivity index (χ4v) is 6.01. The highest BCUT2D eigenvalue weighted by Crippen LogP contribution is 2.61. The third-order valence-corrected chi connectivity index (χ3v) is 7.82. The van der Waals surface area contributed by atoms with Gasteiger partial charge in [0.1, 0.15) is 11.3 Å². The van der Waals surface area contributed by atoms with Crippen molar-refractivity contribution in [3.05, 3.63) is 39.6 Å². The van der Waals surface area contributed by atoms with Gasteiger partial charge in [-0.25, -0.2) is 9.48 Å². The predicted octanol–water partition coefficient (Wildman–Crippen LogP) is 5.32. The SMILES string of the molecule is CC(C)(C)OC(=O)N1CCC2(CC1)CC(O)C2c1c(C2CC2)nnn1-c1c(Cl)cccc1Cl. The Morgan fingerprint density at radius 2 is 1.82 bits per heavy atom. The first-order valence-corrected chi connectivity index (χ1v) is 12.4. The van der Waals surface area contributed by atoms with Crippen LogP contribution in [-0.2, 0) is 4.74 Å². The van der Waals surface area contributed by atoms with Crippen molar-refractivity contribution in [2.24, 2.45) is 5.41 Å². The van der Waals surface area contributed by atoms with Gasteiger partial charge in [0, 0.05) is 24.9 Å². The number of hydrogen-bond donors (Lipinski definition) is 1. The lowest BCUT2D eigenvalue weighted by Crippen LogP contribution is -2.56. The highest BCUT2D eigenvalue weighted by molar-refractivity contribution is 6.37. The number of aromatic nitrogens is 3. The van der Waals surface area contributed by atoms with Crippen LogP contribution in [0.5, 0.6) is 0 Å². The molecular formula is C24H30Cl2N4O3. The van der Waals surface area contributed by atoms with Crippen LogP contribution < -0.4 is 0 Å². The van der Waals surface area contributed by atoms with E-state index in [4.69, 9.17) is 27.9 Å². The number of halogens is 2. The Hall–Kier alpha value is -1.83. The van der Waals surface area contributed by atoms with Gasteiger partial charge in [0.25, 0.3) is 0 Å². The number of rotatable bonds is 3. The molecule has 2 aliphatic carbocycles. The molecule has 1 spiro atoms. The van der Waals surface area contributed by atoms with Crippen molar-refractivity contribution in [2.75, 3.05) is 13.1 Å². The van der Waals surface area contributed by atoms with Gasteiger partial charge in [0.05, 0.1) is 27.5 Å². The van der Waals surface area contributed by atoms with Gasteiger partial charge in [0.15, 0.2) is 0 Å². The second kappa shape index (κ2) is 8.14. The molecule has 0 radical (unpaired) electrons. The zero-order chi connectivity index (χ0) is 23.5. The zero-order valence-electron chi connectivity index (χ0n) is 19.2. The Morgan fingerprint density at radius 1 is 1.18 bits per heavy atom. The van der Waals surface area contributed by atoms with Gasteiger partial charge in [0.2, 0.25) is 0 Å². The molecule has 2 heterocycles. The van der Waals surface area contributed by atoms with Crippen LogP contribution >= 0.6 is 23.2 Å². The number of amides is 1. The number of piperidine rings is 1. The van der Waals surface area contributed by atoms with Crippen molar-refractivity contribution in [2.45, 2.75) is 76.4 Å². The van der Waals surface area contributed by atoms with Crippen LogP contribution in [0.15, 0.2) is 18.2 Å². The maximum absolute atomic E-state index is 12.6. The van der Waals surface area contributed by atoms with Crippen molar-refractivity contribution < 1.29 is 14.6 Å². The van der Waals surface area contributed by atoms with Gasteiger partial charge < -0.3 is 14.7 Å². The number of carbonyl (C=O) groups excluding carboxylic acids is 1. The zero-order valence-corrected chi connectivity index (χ0v) is 20.7. The number of ether oxygens (including phenoxy) is 1. The molecule has 7 nitrogen and oxygen atoms in total. The van der Waals surface area contributed by atoms with Gasteiger partial charge in [-0.1, -0.05) is 34.5 Å². The summed E-state index contributed by atoms with van der Waals surface area (Å²) in [4.78, 5) is 14.4. The Bertz CT molecular complexity index is 1050. The predicted molar refractivity (Wildman–Crippen MR) is 126 cm³/mol. The molecule has 9 heteroatoms. The van der Waals surface area contributed by atoms with Crippen LogP contribution in [-0.4, -0.2) is 55.9 Å². The van der Waals surface area contributed by atoms with E-state index in [1.807, 2.05) is 20.8 Å². The van der Waals surface area contributed by atoms with Crippen LogP contribution in [0.25, 0.3) is 5.69 Å². The Morgan fingerprint density at radius 3 is 2.36 bits per heavy atom. The highest BCUT2D eigenvalue weighted by Gasteiger charge is 2.58. The van der Waals surface area contributed by atoms with Gasteiger partial charge in [-0.2, -0.15) is 0 Å². The summed E-state index contributed by atoms with van der Waals surface area (Å²) in [5.74, 6) is 0.234. The molecule has 3 fully saturated rings. The van der Waals surface area contributed by atoms with E-state index in [1.54, 1.807) is 27.8 Å². The van der Waals surface area contributed by atoms with Crippen molar-refractivity contribution in [3.8, 4) is 5.69 Å². The average Bonchev–Trinajstić information content (AvgIpc) is 3.49. The van der Waals surface area contributed by atoms with Crippen LogP contribution in [0.3, 0.4) is 0 Å². The van der Waals surface area contributed by atoms with Gasteiger partial charge in [-0.3, -0.25) is 0 Å². The number of carbonyl (C=O) groups is 1. The fraction of sp³-hybridized carbons (Fsp3) is 0.625. The monoisotopic (exact) mass is 492 g/mol. The number of aliphatic hydroxyl groups is 1. The molecule has 2 atom stereocenters. The van der Waals surface area contributed by atoms with E-state index in [9.17, 15) is 9.90 Å². The fourth-order valence-electron chi connectivity index (χ4n) is 5.45. The molecule has 0 bridgehead atoms. The van der Waals surface area contributed by atoms with Crippen LogP contribution in [0.2, 0.25) is 10.0 Å². The summed E-state index contributed by atoms with van der Waals surface area (Å²) in [5, 5.41) is 21.0. The van der Waals surface area contributed by atoms with E-state index < -0.39 is 11.7 Å². The minimum Gasteiger partial charge on any atom is -0.444 e. The summed E-state index contributed by atoms with van der Waals surface area (Å²) in [6.45, 7) is 6.84. The van der Waals surface area contributed by atoms with Crippen molar-refractivity contribution in [1.82, 2.24) is 19.9 Å². The molecule has 2 aromatic rings. The first-order valence-electron chi connectivity index (χ1n) is 11.7. The summed E-state index contributed by atoms with van der Waals surface area (Å²) in [6, 6.07) is 5.38. The Labute approximate surface area is 204 Å². The van der Waals surface area contributed by atoms with E-state index in [-0.39, 0.29) is 17.4 Å².